The van der Waals surface area contributed by atoms with Gasteiger partial charge in [-0.15, -0.1) is 0 Å². The third-order valence-electron chi connectivity index (χ3n) is 3.66. The fourth-order valence-electron chi connectivity index (χ4n) is 2.55. The number of esters is 1. The number of carbonyl (C=O) groups excluding carboxylic acids is 1. The molecular formula is C18H27NO3. The molecule has 0 aliphatic carbocycles. The molecule has 1 saturated heterocycles. The number of nitrogens with one attached hydrogen (secondary N) is 1. The summed E-state index contributed by atoms with van der Waals surface area (Å²) in [5.41, 5.74) is 0.701. The van der Waals surface area contributed by atoms with Crippen LogP contribution in [0.5, 0.6) is 5.75 Å². The first-order valence-electron chi connectivity index (χ1n) is 8.02. The number of hydrogen-bond donors (Lipinski definition) is 1. The van der Waals surface area contributed by atoms with E-state index in [4.69, 9.17) is 9.47 Å². The highest BCUT2D eigenvalue weighted by molar-refractivity contribution is 5.71. The van der Waals surface area contributed by atoms with E-state index in [9.17, 15) is 4.79 Å². The summed E-state index contributed by atoms with van der Waals surface area (Å²) < 4.78 is 11.3. The lowest BCUT2D eigenvalue weighted by atomic mass is 9.98. The highest BCUT2D eigenvalue weighted by Crippen LogP contribution is 2.24. The van der Waals surface area contributed by atoms with E-state index in [1.807, 2.05) is 52.0 Å². The number of ether oxygens (including phenoxy) is 2. The molecule has 0 saturated carbocycles. The molecule has 1 aromatic rings. The Labute approximate surface area is 133 Å². The van der Waals surface area contributed by atoms with Gasteiger partial charge in [0.15, 0.2) is 0 Å². The highest BCUT2D eigenvalue weighted by atomic mass is 16.6. The lowest BCUT2D eigenvalue weighted by Gasteiger charge is -2.21. The van der Waals surface area contributed by atoms with Crippen LogP contribution >= 0.6 is 0 Å². The summed E-state index contributed by atoms with van der Waals surface area (Å²) in [6.45, 7) is 9.64. The van der Waals surface area contributed by atoms with Gasteiger partial charge in [0.1, 0.15) is 17.5 Å². The Hall–Kier alpha value is -1.55. The SMILES string of the molecule is C[C@H](CC(=O)OC(C)(C)C)c1ccc(O[C@@H]2CCNC2)cc1. The predicted octanol–water partition coefficient (Wildman–Crippen LogP) is 3.26. The summed E-state index contributed by atoms with van der Waals surface area (Å²) in [4.78, 5) is 11.9. The number of hydrogen-bond acceptors (Lipinski definition) is 4. The Bertz CT molecular complexity index is 484. The number of benzene rings is 1. The Morgan fingerprint density at radius 3 is 2.55 bits per heavy atom. The summed E-state index contributed by atoms with van der Waals surface area (Å²) in [5, 5.41) is 3.29. The van der Waals surface area contributed by atoms with Gasteiger partial charge in [0.2, 0.25) is 0 Å². The minimum absolute atomic E-state index is 0.136. The van der Waals surface area contributed by atoms with E-state index in [1.165, 1.54) is 0 Å². The van der Waals surface area contributed by atoms with Crippen molar-refractivity contribution in [3.8, 4) is 5.75 Å². The van der Waals surface area contributed by atoms with Crippen LogP contribution in [0.15, 0.2) is 24.3 Å². The molecule has 1 aliphatic heterocycles. The average Bonchev–Trinajstić information content (AvgIpc) is 2.90. The van der Waals surface area contributed by atoms with E-state index < -0.39 is 5.60 Å². The molecule has 1 N–H and O–H groups in total. The maximum atomic E-state index is 11.9. The van der Waals surface area contributed by atoms with Crippen LogP contribution in [0.2, 0.25) is 0 Å². The van der Waals surface area contributed by atoms with Gasteiger partial charge >= 0.3 is 5.97 Å². The maximum absolute atomic E-state index is 11.9. The van der Waals surface area contributed by atoms with Gasteiger partial charge in [-0.2, -0.15) is 0 Å². The van der Waals surface area contributed by atoms with Crippen molar-refractivity contribution in [2.24, 2.45) is 0 Å². The molecule has 1 aliphatic rings. The van der Waals surface area contributed by atoms with Gasteiger partial charge < -0.3 is 14.8 Å². The lowest BCUT2D eigenvalue weighted by Crippen LogP contribution is -2.24. The summed E-state index contributed by atoms with van der Waals surface area (Å²) >= 11 is 0. The van der Waals surface area contributed by atoms with Crippen LogP contribution in [0.4, 0.5) is 0 Å². The molecule has 4 heteroatoms. The van der Waals surface area contributed by atoms with Crippen molar-refractivity contribution >= 4 is 5.97 Å². The maximum Gasteiger partial charge on any atom is 0.306 e. The normalized spacial score (nSPS) is 19.7. The largest absolute Gasteiger partial charge is 0.489 e. The van der Waals surface area contributed by atoms with Gasteiger partial charge in [-0.3, -0.25) is 4.79 Å². The van der Waals surface area contributed by atoms with Crippen molar-refractivity contribution < 1.29 is 14.3 Å². The molecule has 1 fully saturated rings. The quantitative estimate of drug-likeness (QED) is 0.848. The van der Waals surface area contributed by atoms with Crippen molar-refractivity contribution in [2.45, 2.75) is 58.2 Å². The summed E-state index contributed by atoms with van der Waals surface area (Å²) in [6, 6.07) is 8.04. The van der Waals surface area contributed by atoms with E-state index >= 15 is 0 Å². The fourth-order valence-corrected chi connectivity index (χ4v) is 2.55. The van der Waals surface area contributed by atoms with Crippen LogP contribution in [-0.4, -0.2) is 30.8 Å². The van der Waals surface area contributed by atoms with Gasteiger partial charge in [0.25, 0.3) is 0 Å². The van der Waals surface area contributed by atoms with Crippen molar-refractivity contribution in [1.29, 1.82) is 0 Å². The van der Waals surface area contributed by atoms with Gasteiger partial charge in [-0.1, -0.05) is 19.1 Å². The van der Waals surface area contributed by atoms with Crippen LogP contribution in [0.3, 0.4) is 0 Å². The van der Waals surface area contributed by atoms with Gasteiger partial charge in [0.05, 0.1) is 6.42 Å². The first-order chi connectivity index (χ1) is 10.3. The van der Waals surface area contributed by atoms with E-state index in [0.717, 1.165) is 30.8 Å². The Morgan fingerprint density at radius 2 is 2.00 bits per heavy atom. The summed E-state index contributed by atoms with van der Waals surface area (Å²) in [7, 11) is 0. The van der Waals surface area contributed by atoms with Gasteiger partial charge in [-0.05, 0) is 57.4 Å². The highest BCUT2D eigenvalue weighted by Gasteiger charge is 2.19. The molecule has 1 aromatic carbocycles. The first kappa shape index (κ1) is 16.8. The van der Waals surface area contributed by atoms with E-state index in [2.05, 4.69) is 5.32 Å². The molecule has 0 spiro atoms. The smallest absolute Gasteiger partial charge is 0.306 e. The minimum atomic E-state index is -0.427. The second-order valence-electron chi connectivity index (χ2n) is 6.99. The van der Waals surface area contributed by atoms with Gasteiger partial charge in [0, 0.05) is 6.54 Å². The minimum Gasteiger partial charge on any atom is -0.489 e. The molecule has 0 amide bonds. The standard InChI is InChI=1S/C18H27NO3/c1-13(11-17(20)22-18(2,3)4)14-5-7-15(8-6-14)21-16-9-10-19-12-16/h5-8,13,16,19H,9-12H2,1-4H3/t13-,16-/m1/s1. The first-order valence-corrected chi connectivity index (χ1v) is 8.02. The van der Waals surface area contributed by atoms with Crippen LogP contribution in [0.1, 0.15) is 52.0 Å². The van der Waals surface area contributed by atoms with E-state index in [1.54, 1.807) is 0 Å². The third-order valence-corrected chi connectivity index (χ3v) is 3.66. The molecule has 0 aromatic heterocycles. The monoisotopic (exact) mass is 305 g/mol. The number of carbonyl (C=O) groups is 1. The molecule has 4 nitrogen and oxygen atoms in total. The molecule has 1 heterocycles. The zero-order chi connectivity index (χ0) is 16.2. The topological polar surface area (TPSA) is 47.6 Å². The lowest BCUT2D eigenvalue weighted by molar-refractivity contribution is -0.155. The second-order valence-corrected chi connectivity index (χ2v) is 6.99. The second kappa shape index (κ2) is 7.14. The molecule has 0 unspecified atom stereocenters. The van der Waals surface area contributed by atoms with Crippen LogP contribution < -0.4 is 10.1 Å². The van der Waals surface area contributed by atoms with Crippen LogP contribution in [0.25, 0.3) is 0 Å². The third kappa shape index (κ3) is 5.34. The van der Waals surface area contributed by atoms with Crippen molar-refractivity contribution in [3.05, 3.63) is 29.8 Å². The molecule has 2 atom stereocenters. The molecule has 22 heavy (non-hydrogen) atoms. The van der Waals surface area contributed by atoms with Crippen LogP contribution in [0, 0.1) is 0 Å². The fraction of sp³-hybridized carbons (Fsp3) is 0.611. The Balaban J connectivity index is 1.87. The van der Waals surface area contributed by atoms with Crippen molar-refractivity contribution in [2.75, 3.05) is 13.1 Å². The Morgan fingerprint density at radius 1 is 1.32 bits per heavy atom. The summed E-state index contributed by atoms with van der Waals surface area (Å²) in [6.07, 6.45) is 1.71. The number of rotatable bonds is 5. The molecule has 2 rings (SSSR count). The molecule has 0 bridgehead atoms. The Kier molecular flexibility index (Phi) is 5.46. The van der Waals surface area contributed by atoms with Crippen molar-refractivity contribution in [3.63, 3.8) is 0 Å². The van der Waals surface area contributed by atoms with Crippen molar-refractivity contribution in [1.82, 2.24) is 5.32 Å². The molecule has 122 valence electrons. The van der Waals surface area contributed by atoms with Crippen LogP contribution in [-0.2, 0) is 9.53 Å². The molecule has 0 radical (unpaired) electrons. The van der Waals surface area contributed by atoms with E-state index in [-0.39, 0.29) is 18.0 Å². The molecular weight excluding hydrogens is 278 g/mol. The summed E-state index contributed by atoms with van der Waals surface area (Å²) in [5.74, 6) is 0.872. The average molecular weight is 305 g/mol. The van der Waals surface area contributed by atoms with E-state index in [0.29, 0.717) is 6.42 Å². The zero-order valence-electron chi connectivity index (χ0n) is 14.0. The predicted molar refractivity (Wildman–Crippen MR) is 87.2 cm³/mol. The van der Waals surface area contributed by atoms with Gasteiger partial charge in [-0.25, -0.2) is 0 Å². The zero-order valence-corrected chi connectivity index (χ0v) is 14.0.